The largest absolute Gasteiger partial charge is 0.380 e. The van der Waals surface area contributed by atoms with Gasteiger partial charge in [-0.25, -0.2) is 0 Å². The third-order valence-electron chi connectivity index (χ3n) is 3.72. The quantitative estimate of drug-likeness (QED) is 0.813. The average molecular weight is 301 g/mol. The second-order valence-electron chi connectivity index (χ2n) is 4.78. The molecular weight excluding hydrogens is 276 g/mol. The van der Waals surface area contributed by atoms with Crippen LogP contribution in [0.2, 0.25) is 0 Å². The minimum Gasteiger partial charge on any atom is -0.380 e. The molecule has 0 saturated carbocycles. The smallest absolute Gasteiger partial charge is 0.231 e. The number of ether oxygens (including phenoxy) is 1. The van der Waals surface area contributed by atoms with Crippen molar-refractivity contribution >= 4 is 24.0 Å². The number of hydrogen-bond donors (Lipinski definition) is 2. The zero-order valence-corrected chi connectivity index (χ0v) is 13.3. The molecule has 0 aliphatic heterocycles. The van der Waals surface area contributed by atoms with Gasteiger partial charge in [-0.15, -0.1) is 12.4 Å². The predicted molar refractivity (Wildman–Crippen MR) is 85.1 cm³/mol. The minimum atomic E-state index is -0.475. The molecule has 3 N–H and O–H groups in total. The van der Waals surface area contributed by atoms with Crippen LogP contribution in [-0.4, -0.2) is 19.6 Å². The molecule has 0 unspecified atom stereocenters. The highest BCUT2D eigenvalue weighted by Crippen LogP contribution is 2.27. The molecule has 1 aromatic rings. The van der Waals surface area contributed by atoms with Crippen molar-refractivity contribution in [2.75, 3.05) is 19.0 Å². The summed E-state index contributed by atoms with van der Waals surface area (Å²) in [5, 5.41) is 2.96. The van der Waals surface area contributed by atoms with Gasteiger partial charge in [-0.3, -0.25) is 4.79 Å². The number of rotatable bonds is 7. The highest BCUT2D eigenvalue weighted by molar-refractivity contribution is 5.95. The van der Waals surface area contributed by atoms with Gasteiger partial charge >= 0.3 is 0 Å². The van der Waals surface area contributed by atoms with E-state index >= 15 is 0 Å². The third kappa shape index (κ3) is 4.47. The lowest BCUT2D eigenvalue weighted by atomic mass is 9.81. The Morgan fingerprint density at radius 1 is 1.35 bits per heavy atom. The van der Waals surface area contributed by atoms with E-state index in [1.165, 1.54) is 0 Å². The van der Waals surface area contributed by atoms with E-state index in [1.54, 1.807) is 7.11 Å². The summed E-state index contributed by atoms with van der Waals surface area (Å²) in [6.07, 6.45) is 1.48. The van der Waals surface area contributed by atoms with Crippen LogP contribution < -0.4 is 11.1 Å². The van der Waals surface area contributed by atoms with Crippen LogP contribution >= 0.6 is 12.4 Å². The molecule has 0 spiro atoms. The highest BCUT2D eigenvalue weighted by Gasteiger charge is 2.33. The summed E-state index contributed by atoms with van der Waals surface area (Å²) >= 11 is 0. The molecule has 0 aliphatic rings. The van der Waals surface area contributed by atoms with Gasteiger partial charge in [0.25, 0.3) is 0 Å². The summed E-state index contributed by atoms with van der Waals surface area (Å²) in [7, 11) is 1.65. The summed E-state index contributed by atoms with van der Waals surface area (Å²) in [6.45, 7) is 4.89. The molecule has 4 nitrogen and oxygen atoms in total. The van der Waals surface area contributed by atoms with Gasteiger partial charge in [0.2, 0.25) is 5.91 Å². The Hall–Kier alpha value is -1.10. The Labute approximate surface area is 127 Å². The van der Waals surface area contributed by atoms with E-state index in [0.29, 0.717) is 13.2 Å². The van der Waals surface area contributed by atoms with Crippen molar-refractivity contribution in [3.8, 4) is 0 Å². The first-order valence-electron chi connectivity index (χ1n) is 6.71. The fourth-order valence-electron chi connectivity index (χ4n) is 2.12. The molecule has 0 saturated heterocycles. The normalized spacial score (nSPS) is 10.8. The summed E-state index contributed by atoms with van der Waals surface area (Å²) < 4.78 is 5.09. The Morgan fingerprint density at radius 3 is 2.50 bits per heavy atom. The van der Waals surface area contributed by atoms with E-state index in [0.717, 1.165) is 24.1 Å². The van der Waals surface area contributed by atoms with E-state index < -0.39 is 5.41 Å². The number of nitrogens with two attached hydrogens (primary N) is 1. The molecule has 5 heteroatoms. The summed E-state index contributed by atoms with van der Waals surface area (Å²) in [4.78, 5) is 12.4. The zero-order valence-electron chi connectivity index (χ0n) is 12.4. The molecule has 1 aromatic carbocycles. The van der Waals surface area contributed by atoms with E-state index in [9.17, 15) is 4.79 Å². The number of benzene rings is 1. The molecule has 0 bridgehead atoms. The van der Waals surface area contributed by atoms with Crippen LogP contribution in [0.3, 0.4) is 0 Å². The van der Waals surface area contributed by atoms with Crippen LogP contribution in [0, 0.1) is 5.41 Å². The van der Waals surface area contributed by atoms with Gasteiger partial charge in [0.15, 0.2) is 0 Å². The van der Waals surface area contributed by atoms with Gasteiger partial charge in [0, 0.05) is 19.3 Å². The monoisotopic (exact) mass is 300 g/mol. The number of carbonyl (C=O) groups excluding carboxylic acids is 1. The molecule has 114 valence electrons. The first-order valence-corrected chi connectivity index (χ1v) is 6.71. The van der Waals surface area contributed by atoms with Crippen molar-refractivity contribution in [3.05, 3.63) is 29.8 Å². The first-order chi connectivity index (χ1) is 9.11. The lowest BCUT2D eigenvalue weighted by molar-refractivity contribution is -0.125. The fraction of sp³-hybridized carbons (Fsp3) is 0.533. The Balaban J connectivity index is 0.00000361. The molecule has 0 aliphatic carbocycles. The number of nitrogens with one attached hydrogen (secondary N) is 1. The van der Waals surface area contributed by atoms with Gasteiger partial charge < -0.3 is 15.8 Å². The number of anilines is 1. The predicted octanol–water partition coefficient (Wildman–Crippen LogP) is 2.96. The number of hydrogen-bond acceptors (Lipinski definition) is 3. The van der Waals surface area contributed by atoms with Gasteiger partial charge in [-0.1, -0.05) is 26.0 Å². The average Bonchev–Trinajstić information content (AvgIpc) is 2.42. The lowest BCUT2D eigenvalue weighted by Crippen LogP contribution is -2.41. The fourth-order valence-corrected chi connectivity index (χ4v) is 2.12. The van der Waals surface area contributed by atoms with Crippen molar-refractivity contribution in [1.29, 1.82) is 0 Å². The summed E-state index contributed by atoms with van der Waals surface area (Å²) in [5.74, 6) is -0.00503. The Morgan fingerprint density at radius 2 is 2.00 bits per heavy atom. The molecular formula is C15H25ClN2O2. The molecule has 0 radical (unpaired) electrons. The standard InChI is InChI=1S/C15H24N2O2.ClH/c1-4-15(5-2,11-16)14(18)17-13-8-6-7-12(9-13)10-19-3;/h6-9H,4-5,10-11,16H2,1-3H3,(H,17,18);1H. The van der Waals surface area contributed by atoms with Gasteiger partial charge in [-0.05, 0) is 30.5 Å². The lowest BCUT2D eigenvalue weighted by Gasteiger charge is -2.28. The molecule has 0 heterocycles. The second kappa shape index (κ2) is 8.95. The van der Waals surface area contributed by atoms with Crippen LogP contribution in [0.1, 0.15) is 32.3 Å². The van der Waals surface area contributed by atoms with Crippen molar-refractivity contribution in [3.63, 3.8) is 0 Å². The molecule has 0 atom stereocenters. The summed E-state index contributed by atoms with van der Waals surface area (Å²) in [6, 6.07) is 7.68. The number of amides is 1. The van der Waals surface area contributed by atoms with Crippen LogP contribution in [0.4, 0.5) is 5.69 Å². The maximum atomic E-state index is 12.4. The van der Waals surface area contributed by atoms with Gasteiger partial charge in [0.1, 0.15) is 0 Å². The number of carbonyl (C=O) groups is 1. The van der Waals surface area contributed by atoms with Gasteiger partial charge in [-0.2, -0.15) is 0 Å². The van der Waals surface area contributed by atoms with E-state index in [4.69, 9.17) is 10.5 Å². The first kappa shape index (κ1) is 18.9. The third-order valence-corrected chi connectivity index (χ3v) is 3.72. The molecule has 0 aromatic heterocycles. The summed E-state index contributed by atoms with van der Waals surface area (Å²) in [5.41, 5.74) is 7.13. The van der Waals surface area contributed by atoms with Crippen molar-refractivity contribution in [2.45, 2.75) is 33.3 Å². The van der Waals surface area contributed by atoms with Crippen LogP contribution in [0.15, 0.2) is 24.3 Å². The Kier molecular flexibility index (Phi) is 8.46. The van der Waals surface area contributed by atoms with Crippen molar-refractivity contribution in [1.82, 2.24) is 0 Å². The maximum absolute atomic E-state index is 12.4. The second-order valence-corrected chi connectivity index (χ2v) is 4.78. The van der Waals surface area contributed by atoms with Gasteiger partial charge in [0.05, 0.1) is 12.0 Å². The van der Waals surface area contributed by atoms with Crippen molar-refractivity contribution in [2.24, 2.45) is 11.1 Å². The van der Waals surface area contributed by atoms with E-state index in [-0.39, 0.29) is 18.3 Å². The molecule has 1 amide bonds. The van der Waals surface area contributed by atoms with Crippen LogP contribution in [0.25, 0.3) is 0 Å². The Bertz CT molecular complexity index is 412. The number of halogens is 1. The SMILES string of the molecule is CCC(CC)(CN)C(=O)Nc1cccc(COC)c1.Cl. The molecule has 0 fully saturated rings. The van der Waals surface area contributed by atoms with Crippen molar-refractivity contribution < 1.29 is 9.53 Å². The highest BCUT2D eigenvalue weighted by atomic mass is 35.5. The topological polar surface area (TPSA) is 64.4 Å². The van der Waals surface area contributed by atoms with E-state index in [2.05, 4.69) is 5.32 Å². The maximum Gasteiger partial charge on any atom is 0.231 e. The molecule has 20 heavy (non-hydrogen) atoms. The van der Waals surface area contributed by atoms with Crippen LogP contribution in [0.5, 0.6) is 0 Å². The minimum absolute atomic E-state index is 0. The zero-order chi connectivity index (χ0) is 14.3. The number of methoxy groups -OCH3 is 1. The van der Waals surface area contributed by atoms with Crippen LogP contribution in [-0.2, 0) is 16.1 Å². The van der Waals surface area contributed by atoms with E-state index in [1.807, 2.05) is 38.1 Å². The molecule has 1 rings (SSSR count).